The predicted octanol–water partition coefficient (Wildman–Crippen LogP) is 3.46. The van der Waals surface area contributed by atoms with Gasteiger partial charge in [-0.2, -0.15) is 0 Å². The van der Waals surface area contributed by atoms with Crippen LogP contribution in [0.25, 0.3) is 0 Å². The SMILES string of the molecule is CC1C(C(=O)OC(C)(C)C)=CC=CC1(C)Cl. The second-order valence-electron chi connectivity index (χ2n) is 5.36. The van der Waals surface area contributed by atoms with Gasteiger partial charge in [-0.15, -0.1) is 11.6 Å². The van der Waals surface area contributed by atoms with E-state index in [4.69, 9.17) is 16.3 Å². The lowest BCUT2D eigenvalue weighted by Gasteiger charge is -2.31. The minimum atomic E-state index is -0.513. The van der Waals surface area contributed by atoms with Gasteiger partial charge in [-0.25, -0.2) is 4.79 Å². The molecule has 3 heteroatoms. The van der Waals surface area contributed by atoms with Gasteiger partial charge in [-0.3, -0.25) is 0 Å². The Bertz CT molecular complexity index is 345. The van der Waals surface area contributed by atoms with E-state index in [0.717, 1.165) is 0 Å². The van der Waals surface area contributed by atoms with E-state index in [0.29, 0.717) is 5.57 Å². The maximum absolute atomic E-state index is 11.9. The number of carbonyl (C=O) groups is 1. The minimum Gasteiger partial charge on any atom is -0.457 e. The van der Waals surface area contributed by atoms with Crippen molar-refractivity contribution >= 4 is 17.6 Å². The molecule has 0 aromatic carbocycles. The first-order valence-electron chi connectivity index (χ1n) is 5.45. The molecule has 0 saturated carbocycles. The molecular weight excluding hydrogens is 224 g/mol. The first-order valence-corrected chi connectivity index (χ1v) is 5.83. The van der Waals surface area contributed by atoms with E-state index in [9.17, 15) is 4.79 Å². The number of allylic oxidation sites excluding steroid dienone is 3. The molecule has 0 bridgehead atoms. The molecule has 2 unspecified atom stereocenters. The summed E-state index contributed by atoms with van der Waals surface area (Å²) in [6.07, 6.45) is 5.49. The van der Waals surface area contributed by atoms with E-state index in [1.54, 1.807) is 6.08 Å². The standard InChI is InChI=1S/C13H19ClO2/c1-9-10(7-6-8-13(9,5)14)11(15)16-12(2,3)4/h6-9H,1-5H3. The molecule has 0 radical (unpaired) electrons. The van der Waals surface area contributed by atoms with Crippen LogP contribution in [0.1, 0.15) is 34.6 Å². The number of alkyl halides is 1. The van der Waals surface area contributed by atoms with E-state index in [-0.39, 0.29) is 11.9 Å². The fourth-order valence-electron chi connectivity index (χ4n) is 1.51. The number of hydrogen-bond acceptors (Lipinski definition) is 2. The van der Waals surface area contributed by atoms with Crippen LogP contribution in [-0.2, 0) is 9.53 Å². The van der Waals surface area contributed by atoms with E-state index in [2.05, 4.69) is 0 Å². The van der Waals surface area contributed by atoms with Crippen LogP contribution < -0.4 is 0 Å². The summed E-state index contributed by atoms with van der Waals surface area (Å²) in [4.78, 5) is 11.4. The van der Waals surface area contributed by atoms with Crippen LogP contribution in [-0.4, -0.2) is 16.4 Å². The van der Waals surface area contributed by atoms with Gasteiger partial charge in [0.05, 0.1) is 4.87 Å². The van der Waals surface area contributed by atoms with E-state index in [1.807, 2.05) is 46.8 Å². The summed E-state index contributed by atoms with van der Waals surface area (Å²) in [5.74, 6) is -0.328. The molecule has 0 spiro atoms. The molecule has 0 N–H and O–H groups in total. The van der Waals surface area contributed by atoms with Crippen molar-refractivity contribution in [1.29, 1.82) is 0 Å². The fraction of sp³-hybridized carbons (Fsp3) is 0.615. The van der Waals surface area contributed by atoms with Gasteiger partial charge >= 0.3 is 5.97 Å². The van der Waals surface area contributed by atoms with Gasteiger partial charge in [0.2, 0.25) is 0 Å². The van der Waals surface area contributed by atoms with E-state index >= 15 is 0 Å². The molecule has 0 aromatic heterocycles. The topological polar surface area (TPSA) is 26.3 Å². The maximum atomic E-state index is 11.9. The zero-order valence-electron chi connectivity index (χ0n) is 10.5. The largest absolute Gasteiger partial charge is 0.457 e. The van der Waals surface area contributed by atoms with Crippen LogP contribution >= 0.6 is 11.6 Å². The minimum absolute atomic E-state index is 0.0472. The van der Waals surface area contributed by atoms with Crippen LogP contribution in [0.4, 0.5) is 0 Å². The average Bonchev–Trinajstić information content (AvgIpc) is 2.06. The number of rotatable bonds is 1. The summed E-state index contributed by atoms with van der Waals surface area (Å²) in [7, 11) is 0. The Morgan fingerprint density at radius 1 is 1.50 bits per heavy atom. The molecule has 0 aliphatic heterocycles. The Hall–Kier alpha value is -0.760. The van der Waals surface area contributed by atoms with Gasteiger partial charge in [0.1, 0.15) is 5.60 Å². The zero-order valence-corrected chi connectivity index (χ0v) is 11.3. The van der Waals surface area contributed by atoms with Crippen molar-refractivity contribution in [3.05, 3.63) is 23.8 Å². The second-order valence-corrected chi connectivity index (χ2v) is 6.17. The lowest BCUT2D eigenvalue weighted by molar-refractivity contribution is -0.150. The summed E-state index contributed by atoms with van der Waals surface area (Å²) in [6, 6.07) is 0. The quantitative estimate of drug-likeness (QED) is 0.520. The first kappa shape index (κ1) is 13.3. The Kier molecular flexibility index (Phi) is 3.53. The molecule has 16 heavy (non-hydrogen) atoms. The van der Waals surface area contributed by atoms with Crippen LogP contribution in [0.3, 0.4) is 0 Å². The first-order chi connectivity index (χ1) is 7.13. The maximum Gasteiger partial charge on any atom is 0.334 e. The molecule has 0 aromatic rings. The Morgan fingerprint density at radius 3 is 2.56 bits per heavy atom. The predicted molar refractivity (Wildman–Crippen MR) is 66.5 cm³/mol. The summed E-state index contributed by atoms with van der Waals surface area (Å²) in [5.41, 5.74) is 0.163. The number of carbonyl (C=O) groups excluding carboxylic acids is 1. The van der Waals surface area contributed by atoms with Gasteiger partial charge in [0.25, 0.3) is 0 Å². The lowest BCUT2D eigenvalue weighted by Crippen LogP contribution is -2.34. The highest BCUT2D eigenvalue weighted by Gasteiger charge is 2.35. The van der Waals surface area contributed by atoms with Crippen molar-refractivity contribution in [2.75, 3.05) is 0 Å². The third-order valence-corrected chi connectivity index (χ3v) is 3.10. The zero-order chi connectivity index (χ0) is 12.6. The molecule has 2 nitrogen and oxygen atoms in total. The Balaban J connectivity index is 2.86. The van der Waals surface area contributed by atoms with Gasteiger partial charge in [-0.05, 0) is 27.7 Å². The summed E-state index contributed by atoms with van der Waals surface area (Å²) < 4.78 is 5.34. The van der Waals surface area contributed by atoms with Crippen molar-refractivity contribution in [2.24, 2.45) is 5.92 Å². The van der Waals surface area contributed by atoms with Crippen molar-refractivity contribution in [1.82, 2.24) is 0 Å². The lowest BCUT2D eigenvalue weighted by atomic mass is 9.84. The molecule has 1 aliphatic rings. The second kappa shape index (κ2) is 4.25. The molecule has 0 heterocycles. The van der Waals surface area contributed by atoms with Crippen molar-refractivity contribution in [3.63, 3.8) is 0 Å². The van der Waals surface area contributed by atoms with Crippen molar-refractivity contribution < 1.29 is 9.53 Å². The Morgan fingerprint density at radius 2 is 2.06 bits per heavy atom. The van der Waals surface area contributed by atoms with Gasteiger partial charge in [0, 0.05) is 11.5 Å². The van der Waals surface area contributed by atoms with Gasteiger partial charge in [-0.1, -0.05) is 25.2 Å². The molecule has 2 atom stereocenters. The number of ether oxygens (including phenoxy) is 1. The third-order valence-electron chi connectivity index (χ3n) is 2.65. The number of halogens is 1. The highest BCUT2D eigenvalue weighted by molar-refractivity contribution is 6.26. The van der Waals surface area contributed by atoms with Gasteiger partial charge < -0.3 is 4.74 Å². The molecule has 0 saturated heterocycles. The number of hydrogen-bond donors (Lipinski definition) is 0. The van der Waals surface area contributed by atoms with Crippen LogP contribution in [0.15, 0.2) is 23.8 Å². The van der Waals surface area contributed by atoms with Gasteiger partial charge in [0.15, 0.2) is 0 Å². The molecule has 0 amide bonds. The fourth-order valence-corrected chi connectivity index (χ4v) is 1.70. The third kappa shape index (κ3) is 3.11. The van der Waals surface area contributed by atoms with E-state index in [1.165, 1.54) is 0 Å². The highest BCUT2D eigenvalue weighted by atomic mass is 35.5. The molecular formula is C13H19ClO2. The highest BCUT2D eigenvalue weighted by Crippen LogP contribution is 2.36. The van der Waals surface area contributed by atoms with Crippen LogP contribution in [0, 0.1) is 5.92 Å². The summed E-state index contributed by atoms with van der Waals surface area (Å²) in [6.45, 7) is 9.40. The van der Waals surface area contributed by atoms with Crippen molar-refractivity contribution in [3.8, 4) is 0 Å². The molecule has 1 rings (SSSR count). The monoisotopic (exact) mass is 242 g/mol. The molecule has 90 valence electrons. The van der Waals surface area contributed by atoms with Crippen molar-refractivity contribution in [2.45, 2.75) is 45.1 Å². The Labute approximate surface area is 102 Å². The summed E-state index contributed by atoms with van der Waals surface area (Å²) in [5, 5.41) is 0. The molecule has 0 fully saturated rings. The normalized spacial score (nSPS) is 29.9. The van der Waals surface area contributed by atoms with Crippen LogP contribution in [0.2, 0.25) is 0 Å². The smallest absolute Gasteiger partial charge is 0.334 e. The number of esters is 1. The van der Waals surface area contributed by atoms with Crippen LogP contribution in [0.5, 0.6) is 0 Å². The summed E-state index contributed by atoms with van der Waals surface area (Å²) >= 11 is 6.30. The van der Waals surface area contributed by atoms with E-state index < -0.39 is 10.5 Å². The molecule has 1 aliphatic carbocycles. The average molecular weight is 243 g/mol.